The summed E-state index contributed by atoms with van der Waals surface area (Å²) >= 11 is 0. The summed E-state index contributed by atoms with van der Waals surface area (Å²) in [5.74, 6) is -0.259. The van der Waals surface area contributed by atoms with Crippen molar-refractivity contribution in [1.29, 1.82) is 0 Å². The summed E-state index contributed by atoms with van der Waals surface area (Å²) in [6.45, 7) is 2.29. The molecule has 3 rings (SSSR count). The number of carbonyl (C=O) groups is 2. The van der Waals surface area contributed by atoms with Gasteiger partial charge in [0, 0.05) is 6.04 Å². The van der Waals surface area contributed by atoms with Crippen molar-refractivity contribution in [2.75, 3.05) is 26.3 Å². The van der Waals surface area contributed by atoms with Crippen LogP contribution in [0, 0.1) is 0 Å². The molecule has 2 saturated heterocycles. The number of carbonyl (C=O) groups excluding carboxylic acids is 2. The monoisotopic (exact) mass is 325 g/mol. The number of nitrogens with one attached hydrogen (secondary N) is 2. The first-order valence-corrected chi connectivity index (χ1v) is 8.80. The Kier molecular flexibility index (Phi) is 5.85. The molecule has 3 amide bonds. The summed E-state index contributed by atoms with van der Waals surface area (Å²) in [7, 11) is 0. The van der Waals surface area contributed by atoms with Gasteiger partial charge in [0.1, 0.15) is 0 Å². The average Bonchev–Trinajstić information content (AvgIpc) is 3.20. The number of nitrogens with zero attached hydrogens (tertiary/aromatic N) is 1. The molecule has 2 N–H and O–H groups in total. The molecule has 0 spiro atoms. The van der Waals surface area contributed by atoms with E-state index in [2.05, 4.69) is 15.5 Å². The lowest BCUT2D eigenvalue weighted by Crippen LogP contribution is -2.53. The molecule has 1 unspecified atom stereocenters. The highest BCUT2D eigenvalue weighted by molar-refractivity contribution is 5.95. The molecule has 0 aromatic carbocycles. The molecular formula is C16H27N3O4. The normalized spacial score (nSPS) is 27.2. The molecule has 1 atom stereocenters. The third-order valence-electron chi connectivity index (χ3n) is 4.92. The van der Waals surface area contributed by atoms with E-state index in [1.165, 1.54) is 0 Å². The van der Waals surface area contributed by atoms with Crippen LogP contribution in [-0.2, 0) is 14.3 Å². The zero-order valence-electron chi connectivity index (χ0n) is 13.6. The Morgan fingerprint density at radius 2 is 1.70 bits per heavy atom. The molecule has 3 fully saturated rings. The zero-order chi connectivity index (χ0) is 16.1. The van der Waals surface area contributed by atoms with Gasteiger partial charge in [-0.2, -0.15) is 0 Å². The Hall–Kier alpha value is -1.18. The molecule has 1 saturated carbocycles. The van der Waals surface area contributed by atoms with Gasteiger partial charge in [0.05, 0.1) is 25.8 Å². The van der Waals surface area contributed by atoms with Crippen LogP contribution in [0.1, 0.15) is 44.9 Å². The second-order valence-corrected chi connectivity index (χ2v) is 6.65. The molecule has 7 heteroatoms. The number of hydrogen-bond acceptors (Lipinski definition) is 5. The van der Waals surface area contributed by atoms with Gasteiger partial charge in [-0.05, 0) is 32.2 Å². The third kappa shape index (κ3) is 4.65. The smallest absolute Gasteiger partial charge is 0.321 e. The van der Waals surface area contributed by atoms with Crippen LogP contribution in [0.5, 0.6) is 0 Å². The van der Waals surface area contributed by atoms with E-state index in [4.69, 9.17) is 9.47 Å². The quantitative estimate of drug-likeness (QED) is 0.805. The maximum Gasteiger partial charge on any atom is 0.321 e. The Bertz CT molecular complexity index is 420. The van der Waals surface area contributed by atoms with Crippen LogP contribution < -0.4 is 10.6 Å². The van der Waals surface area contributed by atoms with E-state index in [0.717, 1.165) is 51.5 Å². The molecule has 0 bridgehead atoms. The minimum Gasteiger partial charge on any atom is -0.349 e. The highest BCUT2D eigenvalue weighted by atomic mass is 16.7. The second kappa shape index (κ2) is 8.08. The third-order valence-corrected chi connectivity index (χ3v) is 4.92. The predicted octanol–water partition coefficient (Wildman–Crippen LogP) is 0.982. The maximum absolute atomic E-state index is 12.2. The van der Waals surface area contributed by atoms with Crippen LogP contribution in [0.4, 0.5) is 4.79 Å². The molecule has 130 valence electrons. The standard InChI is InChI=1S/C16H27N3O4/c20-14(18-16(21)17-12-5-1-2-6-12)11-19-8-4-3-7-13(19)15-22-9-10-23-15/h12-13,15H,1-11H2,(H2,17,18,20,21). The van der Waals surface area contributed by atoms with Crippen LogP contribution in [0.25, 0.3) is 0 Å². The zero-order valence-corrected chi connectivity index (χ0v) is 13.6. The summed E-state index contributed by atoms with van der Waals surface area (Å²) in [6, 6.07) is -0.0513. The Morgan fingerprint density at radius 1 is 1.00 bits per heavy atom. The van der Waals surface area contributed by atoms with Gasteiger partial charge >= 0.3 is 6.03 Å². The van der Waals surface area contributed by atoms with Gasteiger partial charge in [-0.25, -0.2) is 4.79 Å². The summed E-state index contributed by atoms with van der Waals surface area (Å²) in [6.07, 6.45) is 7.21. The van der Waals surface area contributed by atoms with Gasteiger partial charge in [0.15, 0.2) is 6.29 Å². The number of imide groups is 1. The minimum atomic E-state index is -0.371. The SMILES string of the molecule is O=C(CN1CCCCC1C1OCCO1)NC(=O)NC1CCCC1. The predicted molar refractivity (Wildman–Crippen MR) is 83.8 cm³/mol. The van der Waals surface area contributed by atoms with E-state index in [1.54, 1.807) is 0 Å². The molecule has 23 heavy (non-hydrogen) atoms. The molecule has 0 aromatic heterocycles. The Morgan fingerprint density at radius 3 is 2.43 bits per heavy atom. The lowest BCUT2D eigenvalue weighted by molar-refractivity contribution is -0.130. The van der Waals surface area contributed by atoms with Gasteiger partial charge in [0.25, 0.3) is 0 Å². The summed E-state index contributed by atoms with van der Waals surface area (Å²) in [5.41, 5.74) is 0. The van der Waals surface area contributed by atoms with Gasteiger partial charge in [-0.3, -0.25) is 15.0 Å². The highest BCUT2D eigenvalue weighted by Crippen LogP contribution is 2.24. The van der Waals surface area contributed by atoms with Gasteiger partial charge in [-0.1, -0.05) is 19.3 Å². The van der Waals surface area contributed by atoms with Crippen molar-refractivity contribution in [1.82, 2.24) is 15.5 Å². The van der Waals surface area contributed by atoms with Crippen LogP contribution in [0.15, 0.2) is 0 Å². The summed E-state index contributed by atoms with van der Waals surface area (Å²) < 4.78 is 11.2. The lowest BCUT2D eigenvalue weighted by atomic mass is 10.0. The highest BCUT2D eigenvalue weighted by Gasteiger charge is 2.34. The van der Waals surface area contributed by atoms with E-state index in [0.29, 0.717) is 13.2 Å². The molecule has 3 aliphatic rings. The van der Waals surface area contributed by atoms with Crippen molar-refractivity contribution < 1.29 is 19.1 Å². The van der Waals surface area contributed by atoms with Gasteiger partial charge in [0.2, 0.25) is 5.91 Å². The fourth-order valence-corrected chi connectivity index (χ4v) is 3.76. The van der Waals surface area contributed by atoms with Gasteiger partial charge in [-0.15, -0.1) is 0 Å². The van der Waals surface area contributed by atoms with E-state index in [9.17, 15) is 9.59 Å². The molecule has 1 aliphatic carbocycles. The lowest BCUT2D eigenvalue weighted by Gasteiger charge is -2.37. The van der Waals surface area contributed by atoms with Crippen LogP contribution >= 0.6 is 0 Å². The number of hydrogen-bond donors (Lipinski definition) is 2. The molecule has 2 heterocycles. The molecule has 7 nitrogen and oxygen atoms in total. The summed E-state index contributed by atoms with van der Waals surface area (Å²) in [4.78, 5) is 26.1. The fraction of sp³-hybridized carbons (Fsp3) is 0.875. The Labute approximate surface area is 137 Å². The molecule has 0 aromatic rings. The number of likely N-dealkylation sites (tertiary alicyclic amines) is 1. The van der Waals surface area contributed by atoms with Crippen LogP contribution in [0.2, 0.25) is 0 Å². The van der Waals surface area contributed by atoms with E-state index in [-0.39, 0.29) is 36.9 Å². The van der Waals surface area contributed by atoms with Crippen molar-refractivity contribution in [2.45, 2.75) is 63.3 Å². The first kappa shape index (κ1) is 16.7. The average molecular weight is 325 g/mol. The largest absolute Gasteiger partial charge is 0.349 e. The van der Waals surface area contributed by atoms with Crippen LogP contribution in [0.3, 0.4) is 0 Å². The minimum absolute atomic E-state index is 0.106. The number of rotatable bonds is 4. The molecule has 2 aliphatic heterocycles. The first-order chi connectivity index (χ1) is 11.2. The fourth-order valence-electron chi connectivity index (χ4n) is 3.76. The van der Waals surface area contributed by atoms with Crippen molar-refractivity contribution in [3.63, 3.8) is 0 Å². The topological polar surface area (TPSA) is 79.9 Å². The van der Waals surface area contributed by atoms with Crippen molar-refractivity contribution in [3.05, 3.63) is 0 Å². The number of ether oxygens (including phenoxy) is 2. The number of urea groups is 1. The number of piperidine rings is 1. The van der Waals surface area contributed by atoms with Crippen LogP contribution in [-0.4, -0.2) is 61.5 Å². The second-order valence-electron chi connectivity index (χ2n) is 6.65. The number of amides is 3. The van der Waals surface area contributed by atoms with Crippen molar-refractivity contribution >= 4 is 11.9 Å². The van der Waals surface area contributed by atoms with Crippen molar-refractivity contribution in [3.8, 4) is 0 Å². The van der Waals surface area contributed by atoms with Crippen molar-refractivity contribution in [2.24, 2.45) is 0 Å². The molecule has 0 radical (unpaired) electrons. The first-order valence-electron chi connectivity index (χ1n) is 8.80. The molecular weight excluding hydrogens is 298 g/mol. The maximum atomic E-state index is 12.2. The Balaban J connectivity index is 1.46. The summed E-state index contributed by atoms with van der Waals surface area (Å²) in [5, 5.41) is 5.33. The van der Waals surface area contributed by atoms with E-state index < -0.39 is 0 Å². The van der Waals surface area contributed by atoms with E-state index in [1.807, 2.05) is 0 Å². The van der Waals surface area contributed by atoms with Gasteiger partial charge < -0.3 is 14.8 Å². The van der Waals surface area contributed by atoms with E-state index >= 15 is 0 Å².